The Hall–Kier alpha value is -2.36. The van der Waals surface area contributed by atoms with Crippen molar-refractivity contribution in [3.05, 3.63) is 43.0 Å². The quantitative estimate of drug-likeness (QED) is 0.649. The number of nitrogens with one attached hydrogen (secondary N) is 1. The maximum absolute atomic E-state index is 9.34. The molecule has 2 N–H and O–H groups in total. The molecular formula is C12H9N3O. The molecule has 0 saturated carbocycles. The first-order valence-corrected chi connectivity index (χ1v) is 4.90. The summed E-state index contributed by atoms with van der Waals surface area (Å²) in [5.41, 5.74) is 2.88. The van der Waals surface area contributed by atoms with Crippen LogP contribution in [-0.4, -0.2) is 20.1 Å². The minimum absolute atomic E-state index is 0.177. The molecule has 0 atom stereocenters. The summed E-state index contributed by atoms with van der Waals surface area (Å²) in [7, 11) is 0. The van der Waals surface area contributed by atoms with Gasteiger partial charge in [-0.05, 0) is 11.6 Å². The summed E-state index contributed by atoms with van der Waals surface area (Å²) in [5, 5.41) is 10.3. The molecule has 0 aliphatic heterocycles. The average Bonchev–Trinajstić information content (AvgIpc) is 2.69. The third kappa shape index (κ3) is 1.40. The normalized spacial score (nSPS) is 10.8. The largest absolute Gasteiger partial charge is 0.495 e. The Labute approximate surface area is 91.6 Å². The molecule has 0 bridgehead atoms. The fraction of sp³-hybridized carbons (Fsp3) is 0. The van der Waals surface area contributed by atoms with Gasteiger partial charge in [0.25, 0.3) is 0 Å². The average molecular weight is 211 g/mol. The fourth-order valence-electron chi connectivity index (χ4n) is 1.74. The van der Waals surface area contributed by atoms with E-state index in [0.29, 0.717) is 0 Å². The van der Waals surface area contributed by atoms with Crippen LogP contribution in [0.1, 0.15) is 0 Å². The molecule has 0 unspecified atom stereocenters. The Morgan fingerprint density at radius 2 is 1.81 bits per heavy atom. The molecule has 0 aliphatic rings. The van der Waals surface area contributed by atoms with Gasteiger partial charge in [0.2, 0.25) is 0 Å². The maximum Gasteiger partial charge on any atom is 0.189 e. The summed E-state index contributed by atoms with van der Waals surface area (Å²) in [5.74, 6) is 0.177. The van der Waals surface area contributed by atoms with Crippen LogP contribution in [0.2, 0.25) is 0 Å². The number of aromatic nitrogens is 3. The Morgan fingerprint density at radius 1 is 1.00 bits per heavy atom. The van der Waals surface area contributed by atoms with Gasteiger partial charge in [-0.1, -0.05) is 12.1 Å². The van der Waals surface area contributed by atoms with Crippen molar-refractivity contribution in [2.75, 3.05) is 0 Å². The topological polar surface area (TPSA) is 61.8 Å². The number of H-pyrrole nitrogens is 1. The van der Waals surface area contributed by atoms with Gasteiger partial charge < -0.3 is 10.1 Å². The summed E-state index contributed by atoms with van der Waals surface area (Å²) < 4.78 is 0. The molecule has 1 aromatic carbocycles. The van der Waals surface area contributed by atoms with Gasteiger partial charge in [0.15, 0.2) is 5.88 Å². The lowest BCUT2D eigenvalue weighted by atomic mass is 10.1. The first-order chi connectivity index (χ1) is 7.83. The standard InChI is InChI=1S/C12H9N3O/c16-12-4-9-2-1-8(3-11(9)15-12)10-5-13-7-14-6-10/h1-7,15-16H. The van der Waals surface area contributed by atoms with Crippen molar-refractivity contribution in [2.45, 2.75) is 0 Å². The highest BCUT2D eigenvalue weighted by atomic mass is 16.3. The molecule has 0 aliphatic carbocycles. The minimum Gasteiger partial charge on any atom is -0.495 e. The Bertz CT molecular complexity index is 631. The lowest BCUT2D eigenvalue weighted by Gasteiger charge is -1.99. The zero-order valence-corrected chi connectivity index (χ0v) is 8.38. The molecule has 3 aromatic rings. The second-order valence-corrected chi connectivity index (χ2v) is 3.58. The second-order valence-electron chi connectivity index (χ2n) is 3.58. The van der Waals surface area contributed by atoms with Crippen LogP contribution >= 0.6 is 0 Å². The van der Waals surface area contributed by atoms with Crippen molar-refractivity contribution in [1.82, 2.24) is 15.0 Å². The van der Waals surface area contributed by atoms with Crippen molar-refractivity contribution >= 4 is 10.9 Å². The molecule has 0 spiro atoms. The van der Waals surface area contributed by atoms with Gasteiger partial charge in [-0.3, -0.25) is 0 Å². The molecule has 0 amide bonds. The molecule has 2 aromatic heterocycles. The van der Waals surface area contributed by atoms with Crippen LogP contribution in [0.5, 0.6) is 5.88 Å². The van der Waals surface area contributed by atoms with E-state index >= 15 is 0 Å². The predicted molar refractivity (Wildman–Crippen MR) is 61.0 cm³/mol. The van der Waals surface area contributed by atoms with E-state index in [9.17, 15) is 5.11 Å². The molecule has 4 nitrogen and oxygen atoms in total. The molecule has 0 fully saturated rings. The number of benzene rings is 1. The van der Waals surface area contributed by atoms with Crippen LogP contribution in [0.3, 0.4) is 0 Å². The summed E-state index contributed by atoms with van der Waals surface area (Å²) in [6, 6.07) is 7.59. The van der Waals surface area contributed by atoms with Gasteiger partial charge in [-0.25, -0.2) is 9.97 Å². The van der Waals surface area contributed by atoms with Crippen molar-refractivity contribution in [3.8, 4) is 17.0 Å². The van der Waals surface area contributed by atoms with E-state index in [1.54, 1.807) is 18.5 Å². The number of aromatic hydroxyl groups is 1. The van der Waals surface area contributed by atoms with Crippen molar-refractivity contribution in [3.63, 3.8) is 0 Å². The van der Waals surface area contributed by atoms with E-state index in [4.69, 9.17) is 0 Å². The van der Waals surface area contributed by atoms with Gasteiger partial charge in [-0.2, -0.15) is 0 Å². The first-order valence-electron chi connectivity index (χ1n) is 4.90. The van der Waals surface area contributed by atoms with Crippen LogP contribution in [0.4, 0.5) is 0 Å². The number of fused-ring (bicyclic) bond motifs is 1. The number of hydrogen-bond acceptors (Lipinski definition) is 3. The molecule has 4 heteroatoms. The lowest BCUT2D eigenvalue weighted by molar-refractivity contribution is 0.458. The minimum atomic E-state index is 0.177. The Kier molecular flexibility index (Phi) is 1.86. The molecule has 78 valence electrons. The summed E-state index contributed by atoms with van der Waals surface area (Å²) in [4.78, 5) is 10.8. The van der Waals surface area contributed by atoms with Gasteiger partial charge in [0, 0.05) is 34.9 Å². The van der Waals surface area contributed by atoms with Gasteiger partial charge >= 0.3 is 0 Å². The van der Waals surface area contributed by atoms with Crippen LogP contribution < -0.4 is 0 Å². The van der Waals surface area contributed by atoms with Gasteiger partial charge in [0.1, 0.15) is 6.33 Å². The number of rotatable bonds is 1. The van der Waals surface area contributed by atoms with Crippen molar-refractivity contribution in [2.24, 2.45) is 0 Å². The van der Waals surface area contributed by atoms with Crippen LogP contribution in [0.25, 0.3) is 22.0 Å². The summed E-state index contributed by atoms with van der Waals surface area (Å²) in [6.45, 7) is 0. The SMILES string of the molecule is Oc1cc2ccc(-c3cncnc3)cc2[nH]1. The lowest BCUT2D eigenvalue weighted by Crippen LogP contribution is -1.81. The maximum atomic E-state index is 9.34. The van der Waals surface area contributed by atoms with Crippen LogP contribution in [0.15, 0.2) is 43.0 Å². The molecule has 2 heterocycles. The molecule has 0 saturated heterocycles. The Morgan fingerprint density at radius 3 is 2.62 bits per heavy atom. The highest BCUT2D eigenvalue weighted by molar-refractivity contribution is 5.85. The van der Waals surface area contributed by atoms with Gasteiger partial charge in [0.05, 0.1) is 0 Å². The first kappa shape index (κ1) is 8.91. The predicted octanol–water partition coefficient (Wildman–Crippen LogP) is 2.33. The third-order valence-corrected chi connectivity index (χ3v) is 2.50. The van der Waals surface area contributed by atoms with E-state index in [2.05, 4.69) is 15.0 Å². The molecular weight excluding hydrogens is 202 g/mol. The highest BCUT2D eigenvalue weighted by Gasteiger charge is 2.02. The van der Waals surface area contributed by atoms with E-state index < -0.39 is 0 Å². The van der Waals surface area contributed by atoms with Crippen LogP contribution in [-0.2, 0) is 0 Å². The second kappa shape index (κ2) is 3.34. The Balaban J connectivity index is 2.18. The highest BCUT2D eigenvalue weighted by Crippen LogP contribution is 2.25. The summed E-state index contributed by atoms with van der Waals surface area (Å²) >= 11 is 0. The van der Waals surface area contributed by atoms with E-state index in [-0.39, 0.29) is 5.88 Å². The fourth-order valence-corrected chi connectivity index (χ4v) is 1.74. The molecule has 3 rings (SSSR count). The number of nitrogens with zero attached hydrogens (tertiary/aromatic N) is 2. The third-order valence-electron chi connectivity index (χ3n) is 2.50. The van der Waals surface area contributed by atoms with E-state index in [1.807, 2.05) is 18.2 Å². The zero-order valence-electron chi connectivity index (χ0n) is 8.38. The molecule has 16 heavy (non-hydrogen) atoms. The summed E-state index contributed by atoms with van der Waals surface area (Å²) in [6.07, 6.45) is 5.02. The van der Waals surface area contributed by atoms with Gasteiger partial charge in [-0.15, -0.1) is 0 Å². The van der Waals surface area contributed by atoms with Crippen molar-refractivity contribution < 1.29 is 5.11 Å². The van der Waals surface area contributed by atoms with Crippen LogP contribution in [0, 0.1) is 0 Å². The van der Waals surface area contributed by atoms with E-state index in [0.717, 1.165) is 22.0 Å². The smallest absolute Gasteiger partial charge is 0.189 e. The monoisotopic (exact) mass is 211 g/mol. The van der Waals surface area contributed by atoms with E-state index in [1.165, 1.54) is 6.33 Å². The zero-order chi connectivity index (χ0) is 11.0. The molecule has 0 radical (unpaired) electrons. The van der Waals surface area contributed by atoms with Crippen molar-refractivity contribution in [1.29, 1.82) is 0 Å². The number of aromatic amines is 1. The number of hydrogen-bond donors (Lipinski definition) is 2.